The lowest BCUT2D eigenvalue weighted by Crippen LogP contribution is -2.49. The molecule has 3 aromatic rings. The lowest BCUT2D eigenvalue weighted by molar-refractivity contribution is -0.133. The van der Waals surface area contributed by atoms with Crippen molar-refractivity contribution in [2.75, 3.05) is 44.6 Å². The predicted molar refractivity (Wildman–Crippen MR) is 135 cm³/mol. The summed E-state index contributed by atoms with van der Waals surface area (Å²) in [6, 6.07) is 12.9. The van der Waals surface area contributed by atoms with Gasteiger partial charge in [0.1, 0.15) is 24.6 Å². The molecule has 36 heavy (non-hydrogen) atoms. The van der Waals surface area contributed by atoms with Crippen molar-refractivity contribution in [2.24, 2.45) is 0 Å². The SMILES string of the molecule is CCCC(=O)N1CCN(CCOc2ccc3c(C4C(=O)Nc5ccc(C#N)cc54)ncnc3c2)CC1. The monoisotopic (exact) mass is 484 g/mol. The summed E-state index contributed by atoms with van der Waals surface area (Å²) in [6.45, 7) is 6.58. The quantitative estimate of drug-likeness (QED) is 0.549. The minimum Gasteiger partial charge on any atom is -0.492 e. The highest BCUT2D eigenvalue weighted by atomic mass is 16.5. The first-order chi connectivity index (χ1) is 17.6. The van der Waals surface area contributed by atoms with Crippen LogP contribution in [0.25, 0.3) is 10.9 Å². The van der Waals surface area contributed by atoms with E-state index < -0.39 is 5.92 Å². The lowest BCUT2D eigenvalue weighted by atomic mass is 9.93. The van der Waals surface area contributed by atoms with Crippen molar-refractivity contribution in [1.29, 1.82) is 5.26 Å². The molecule has 2 aliphatic heterocycles. The molecule has 0 saturated carbocycles. The normalized spacial score (nSPS) is 17.5. The number of carbonyl (C=O) groups excluding carboxylic acids is 2. The first-order valence-electron chi connectivity index (χ1n) is 12.3. The van der Waals surface area contributed by atoms with Gasteiger partial charge in [0, 0.05) is 56.3 Å². The maximum atomic E-state index is 12.8. The number of anilines is 1. The van der Waals surface area contributed by atoms with Crippen LogP contribution in [-0.2, 0) is 9.59 Å². The topological polar surface area (TPSA) is 111 Å². The van der Waals surface area contributed by atoms with E-state index in [-0.39, 0.29) is 11.8 Å². The Morgan fingerprint density at radius 2 is 2.00 bits per heavy atom. The maximum absolute atomic E-state index is 12.8. The van der Waals surface area contributed by atoms with Crippen LogP contribution < -0.4 is 10.1 Å². The molecule has 1 unspecified atom stereocenters. The summed E-state index contributed by atoms with van der Waals surface area (Å²) < 4.78 is 6.00. The van der Waals surface area contributed by atoms with Gasteiger partial charge in [0.25, 0.3) is 0 Å². The summed E-state index contributed by atoms with van der Waals surface area (Å²) in [7, 11) is 0. The van der Waals surface area contributed by atoms with Gasteiger partial charge in [-0.1, -0.05) is 6.92 Å². The Labute approximate surface area is 209 Å². The zero-order valence-electron chi connectivity index (χ0n) is 20.2. The van der Waals surface area contributed by atoms with Gasteiger partial charge in [0.2, 0.25) is 11.8 Å². The zero-order chi connectivity index (χ0) is 25.1. The highest BCUT2D eigenvalue weighted by Gasteiger charge is 2.34. The fourth-order valence-electron chi connectivity index (χ4n) is 4.87. The van der Waals surface area contributed by atoms with E-state index >= 15 is 0 Å². The molecule has 0 radical (unpaired) electrons. The largest absolute Gasteiger partial charge is 0.492 e. The smallest absolute Gasteiger partial charge is 0.238 e. The van der Waals surface area contributed by atoms with Gasteiger partial charge in [-0.3, -0.25) is 14.5 Å². The van der Waals surface area contributed by atoms with Crippen molar-refractivity contribution in [2.45, 2.75) is 25.7 Å². The number of piperazine rings is 1. The molecule has 2 aromatic carbocycles. The number of rotatable bonds is 7. The minimum absolute atomic E-state index is 0.170. The number of aromatic nitrogens is 2. The molecule has 1 atom stereocenters. The number of benzene rings is 2. The third-order valence-electron chi connectivity index (χ3n) is 6.79. The number of amides is 2. The molecule has 2 amide bonds. The van der Waals surface area contributed by atoms with Crippen LogP contribution in [0.2, 0.25) is 0 Å². The van der Waals surface area contributed by atoms with E-state index in [0.717, 1.165) is 50.1 Å². The van der Waals surface area contributed by atoms with Crippen molar-refractivity contribution >= 4 is 28.4 Å². The van der Waals surface area contributed by atoms with E-state index in [1.165, 1.54) is 6.33 Å². The van der Waals surface area contributed by atoms with Crippen molar-refractivity contribution in [3.63, 3.8) is 0 Å². The number of nitrogens with zero attached hydrogens (tertiary/aromatic N) is 5. The summed E-state index contributed by atoms with van der Waals surface area (Å²) in [5.74, 6) is 0.173. The van der Waals surface area contributed by atoms with Crippen molar-refractivity contribution in [1.82, 2.24) is 19.8 Å². The fraction of sp³-hybridized carbons (Fsp3) is 0.370. The van der Waals surface area contributed by atoms with Crippen LogP contribution in [0.5, 0.6) is 5.75 Å². The van der Waals surface area contributed by atoms with Crippen LogP contribution in [0.3, 0.4) is 0 Å². The first kappa shape index (κ1) is 23.7. The molecular weight excluding hydrogens is 456 g/mol. The second-order valence-electron chi connectivity index (χ2n) is 9.09. The number of nitriles is 1. The molecule has 9 heteroatoms. The summed E-state index contributed by atoms with van der Waals surface area (Å²) in [5.41, 5.74) is 3.24. The third-order valence-corrected chi connectivity index (χ3v) is 6.79. The number of carbonyl (C=O) groups is 2. The lowest BCUT2D eigenvalue weighted by Gasteiger charge is -2.34. The van der Waals surface area contributed by atoms with Gasteiger partial charge in [0.05, 0.1) is 22.8 Å². The Balaban J connectivity index is 1.25. The van der Waals surface area contributed by atoms with Gasteiger partial charge in [-0.05, 0) is 42.3 Å². The molecule has 2 aliphatic rings. The van der Waals surface area contributed by atoms with Crippen LogP contribution in [0.15, 0.2) is 42.7 Å². The van der Waals surface area contributed by atoms with E-state index in [2.05, 4.69) is 26.3 Å². The molecule has 1 fully saturated rings. The third kappa shape index (κ3) is 4.72. The highest BCUT2D eigenvalue weighted by Crippen LogP contribution is 2.39. The van der Waals surface area contributed by atoms with Crippen LogP contribution >= 0.6 is 0 Å². The maximum Gasteiger partial charge on any atom is 0.238 e. The van der Waals surface area contributed by atoms with Crippen molar-refractivity contribution in [3.05, 3.63) is 59.5 Å². The van der Waals surface area contributed by atoms with E-state index in [9.17, 15) is 14.9 Å². The summed E-state index contributed by atoms with van der Waals surface area (Å²) in [4.78, 5) is 38.0. The Morgan fingerprint density at radius 1 is 1.17 bits per heavy atom. The Bertz CT molecular complexity index is 1340. The fourth-order valence-corrected chi connectivity index (χ4v) is 4.87. The zero-order valence-corrected chi connectivity index (χ0v) is 20.2. The van der Waals surface area contributed by atoms with Crippen molar-refractivity contribution < 1.29 is 14.3 Å². The average Bonchev–Trinajstić information content (AvgIpc) is 3.23. The molecule has 1 aromatic heterocycles. The van der Waals surface area contributed by atoms with Gasteiger partial charge in [-0.25, -0.2) is 9.97 Å². The van der Waals surface area contributed by atoms with Gasteiger partial charge in [-0.2, -0.15) is 5.26 Å². The molecule has 0 aliphatic carbocycles. The summed E-state index contributed by atoms with van der Waals surface area (Å²) in [6.07, 6.45) is 2.96. The molecular formula is C27H28N6O3. The highest BCUT2D eigenvalue weighted by molar-refractivity contribution is 6.06. The molecule has 1 N–H and O–H groups in total. The number of fused-ring (bicyclic) bond motifs is 2. The second kappa shape index (κ2) is 10.3. The molecule has 184 valence electrons. The van der Waals surface area contributed by atoms with Crippen LogP contribution in [0.4, 0.5) is 5.69 Å². The first-order valence-corrected chi connectivity index (χ1v) is 12.3. The number of hydrogen-bond acceptors (Lipinski definition) is 7. The Hall–Kier alpha value is -4.03. The Morgan fingerprint density at radius 3 is 2.78 bits per heavy atom. The van der Waals surface area contributed by atoms with E-state index in [1.807, 2.05) is 30.0 Å². The molecule has 0 bridgehead atoms. The summed E-state index contributed by atoms with van der Waals surface area (Å²) >= 11 is 0. The molecule has 0 spiro atoms. The summed E-state index contributed by atoms with van der Waals surface area (Å²) in [5, 5.41) is 12.9. The van der Waals surface area contributed by atoms with Gasteiger partial charge < -0.3 is 15.0 Å². The number of nitrogens with one attached hydrogen (secondary N) is 1. The van der Waals surface area contributed by atoms with Gasteiger partial charge in [-0.15, -0.1) is 0 Å². The van der Waals surface area contributed by atoms with E-state index in [4.69, 9.17) is 4.74 Å². The molecule has 3 heterocycles. The van der Waals surface area contributed by atoms with Gasteiger partial charge in [0.15, 0.2) is 0 Å². The van der Waals surface area contributed by atoms with E-state index in [1.54, 1.807) is 18.2 Å². The average molecular weight is 485 g/mol. The molecule has 9 nitrogen and oxygen atoms in total. The molecule has 5 rings (SSSR count). The standard InChI is InChI=1S/C27H28N6O3/c1-2-3-24(34)33-10-8-32(9-11-33)12-13-36-19-5-6-20-23(15-19)29-17-30-26(20)25-21-14-18(16-28)4-7-22(21)31-27(25)35/h4-7,14-15,17,25H,2-3,8-13H2,1H3,(H,31,35). The Kier molecular flexibility index (Phi) is 6.78. The molecule has 1 saturated heterocycles. The van der Waals surface area contributed by atoms with E-state index in [0.29, 0.717) is 41.2 Å². The second-order valence-corrected chi connectivity index (χ2v) is 9.09. The number of ether oxygens (including phenoxy) is 1. The van der Waals surface area contributed by atoms with Crippen LogP contribution in [0.1, 0.15) is 42.5 Å². The van der Waals surface area contributed by atoms with Crippen LogP contribution in [0, 0.1) is 11.3 Å². The van der Waals surface area contributed by atoms with Crippen molar-refractivity contribution in [3.8, 4) is 11.8 Å². The number of hydrogen-bond donors (Lipinski definition) is 1. The minimum atomic E-state index is -0.603. The van der Waals surface area contributed by atoms with Crippen LogP contribution in [-0.4, -0.2) is 70.9 Å². The van der Waals surface area contributed by atoms with Gasteiger partial charge >= 0.3 is 0 Å². The predicted octanol–water partition coefficient (Wildman–Crippen LogP) is 2.91.